The number of aryl methyl sites for hydroxylation is 1. The van der Waals surface area contributed by atoms with Crippen molar-refractivity contribution in [1.29, 1.82) is 0 Å². The molecule has 0 aliphatic carbocycles. The van der Waals surface area contributed by atoms with Crippen LogP contribution in [0.15, 0.2) is 18.5 Å². The topological polar surface area (TPSA) is 88.2 Å². The highest BCUT2D eigenvalue weighted by molar-refractivity contribution is 7.90. The molecule has 1 rings (SSSR count). The maximum Gasteiger partial charge on any atom is 0.221 e. The first kappa shape index (κ1) is 15.4. The van der Waals surface area contributed by atoms with Crippen molar-refractivity contribution in [2.24, 2.45) is 0 Å². The lowest BCUT2D eigenvalue weighted by molar-refractivity contribution is -0.120. The van der Waals surface area contributed by atoms with E-state index in [1.54, 1.807) is 12.4 Å². The fourth-order valence-corrected chi connectivity index (χ4v) is 1.99. The second-order valence-electron chi connectivity index (χ2n) is 4.35. The molecule has 0 fully saturated rings. The van der Waals surface area contributed by atoms with Crippen LogP contribution in [0.5, 0.6) is 0 Å². The van der Waals surface area contributed by atoms with Crippen molar-refractivity contribution in [2.45, 2.75) is 13.3 Å². The number of pyridine rings is 1. The van der Waals surface area contributed by atoms with Crippen LogP contribution in [-0.4, -0.2) is 44.4 Å². The minimum Gasteiger partial charge on any atom is -0.383 e. The van der Waals surface area contributed by atoms with Crippen molar-refractivity contribution in [3.05, 3.63) is 24.0 Å². The van der Waals surface area contributed by atoms with Gasteiger partial charge in [0, 0.05) is 43.8 Å². The molecule has 0 atom stereocenters. The van der Waals surface area contributed by atoms with Gasteiger partial charge >= 0.3 is 0 Å². The zero-order valence-electron chi connectivity index (χ0n) is 11.1. The van der Waals surface area contributed by atoms with Crippen molar-refractivity contribution in [3.8, 4) is 0 Å². The largest absolute Gasteiger partial charge is 0.383 e. The van der Waals surface area contributed by atoms with Crippen molar-refractivity contribution in [3.63, 3.8) is 0 Å². The van der Waals surface area contributed by atoms with Gasteiger partial charge in [0.15, 0.2) is 0 Å². The summed E-state index contributed by atoms with van der Waals surface area (Å²) >= 11 is 0. The van der Waals surface area contributed by atoms with Gasteiger partial charge in [0.25, 0.3) is 0 Å². The van der Waals surface area contributed by atoms with Crippen molar-refractivity contribution < 1.29 is 13.2 Å². The fourth-order valence-electron chi connectivity index (χ4n) is 1.44. The first-order valence-corrected chi connectivity index (χ1v) is 8.03. The second kappa shape index (κ2) is 7.08. The molecule has 2 N–H and O–H groups in total. The van der Waals surface area contributed by atoms with Crippen molar-refractivity contribution in [2.75, 3.05) is 30.4 Å². The Balaban J connectivity index is 2.21. The maximum atomic E-state index is 11.4. The third-order valence-corrected chi connectivity index (χ3v) is 3.43. The first-order chi connectivity index (χ1) is 8.88. The molecule has 1 aromatic heterocycles. The molecule has 1 aromatic rings. The van der Waals surface area contributed by atoms with E-state index < -0.39 is 9.84 Å². The quantitative estimate of drug-likeness (QED) is 0.706. The van der Waals surface area contributed by atoms with E-state index in [9.17, 15) is 13.2 Å². The molecule has 19 heavy (non-hydrogen) atoms. The van der Waals surface area contributed by atoms with Crippen molar-refractivity contribution in [1.82, 2.24) is 10.3 Å². The van der Waals surface area contributed by atoms with Gasteiger partial charge in [-0.05, 0) is 18.6 Å². The van der Waals surface area contributed by atoms with E-state index in [1.807, 2.05) is 13.0 Å². The molecular weight excluding hydrogens is 266 g/mol. The van der Waals surface area contributed by atoms with Gasteiger partial charge < -0.3 is 10.6 Å². The molecule has 0 spiro atoms. The number of carbonyl (C=O) groups excluding carboxylic acids is 1. The van der Waals surface area contributed by atoms with Gasteiger partial charge in [-0.1, -0.05) is 0 Å². The fraction of sp³-hybridized carbons (Fsp3) is 0.500. The van der Waals surface area contributed by atoms with Gasteiger partial charge in [-0.3, -0.25) is 9.78 Å². The number of nitrogens with zero attached hydrogens (tertiary/aromatic N) is 1. The first-order valence-electron chi connectivity index (χ1n) is 5.97. The average molecular weight is 285 g/mol. The minimum atomic E-state index is -3.08. The lowest BCUT2D eigenvalue weighted by Gasteiger charge is -2.09. The molecule has 0 saturated heterocycles. The number of nitrogens with one attached hydrogen (secondary N) is 2. The Labute approximate surface area is 113 Å². The molecular formula is C12H19N3O3S. The van der Waals surface area contributed by atoms with Crippen LogP contribution >= 0.6 is 0 Å². The molecule has 0 aromatic carbocycles. The summed E-state index contributed by atoms with van der Waals surface area (Å²) in [5.41, 5.74) is 2.01. The summed E-state index contributed by atoms with van der Waals surface area (Å²) in [6, 6.07) is 1.86. The van der Waals surface area contributed by atoms with E-state index in [4.69, 9.17) is 0 Å². The molecule has 0 aliphatic rings. The molecule has 7 heteroatoms. The Hall–Kier alpha value is -1.63. The van der Waals surface area contributed by atoms with Crippen LogP contribution < -0.4 is 10.6 Å². The number of rotatable bonds is 7. The molecule has 0 aliphatic heterocycles. The summed E-state index contributed by atoms with van der Waals surface area (Å²) < 4.78 is 21.8. The zero-order chi connectivity index (χ0) is 14.3. The third kappa shape index (κ3) is 6.76. The summed E-state index contributed by atoms with van der Waals surface area (Å²) in [4.78, 5) is 15.3. The maximum absolute atomic E-state index is 11.4. The Morgan fingerprint density at radius 3 is 2.74 bits per heavy atom. The van der Waals surface area contributed by atoms with Crippen LogP contribution in [0.2, 0.25) is 0 Å². The lowest BCUT2D eigenvalue weighted by Crippen LogP contribution is -2.30. The molecule has 0 radical (unpaired) electrons. The van der Waals surface area contributed by atoms with E-state index in [0.29, 0.717) is 13.1 Å². The predicted octanol–water partition coefficient (Wildman–Crippen LogP) is 0.353. The van der Waals surface area contributed by atoms with Crippen LogP contribution in [0.1, 0.15) is 12.0 Å². The van der Waals surface area contributed by atoms with Gasteiger partial charge in [-0.2, -0.15) is 0 Å². The molecule has 1 heterocycles. The molecule has 0 bridgehead atoms. The summed E-state index contributed by atoms with van der Waals surface area (Å²) in [5.74, 6) is -0.367. The van der Waals surface area contributed by atoms with E-state index >= 15 is 0 Å². The van der Waals surface area contributed by atoms with Crippen LogP contribution in [0, 0.1) is 6.92 Å². The SMILES string of the molecule is Cc1cnccc1NCCNC(=O)CCS(C)(=O)=O. The number of hydrogen-bond acceptors (Lipinski definition) is 5. The summed E-state index contributed by atoms with van der Waals surface area (Å²) in [5, 5.41) is 5.83. The summed E-state index contributed by atoms with van der Waals surface area (Å²) in [7, 11) is -3.08. The molecule has 0 unspecified atom stereocenters. The van der Waals surface area contributed by atoms with Gasteiger partial charge in [-0.15, -0.1) is 0 Å². The second-order valence-corrected chi connectivity index (χ2v) is 6.61. The van der Waals surface area contributed by atoms with E-state index in [2.05, 4.69) is 15.6 Å². The highest BCUT2D eigenvalue weighted by Gasteiger charge is 2.07. The number of amides is 1. The molecule has 0 saturated carbocycles. The molecule has 106 valence electrons. The monoisotopic (exact) mass is 285 g/mol. The summed E-state index contributed by atoms with van der Waals surface area (Å²) in [6.07, 6.45) is 4.58. The van der Waals surface area contributed by atoms with Gasteiger partial charge in [0.1, 0.15) is 9.84 Å². The number of hydrogen-bond donors (Lipinski definition) is 2. The normalized spacial score (nSPS) is 11.1. The van der Waals surface area contributed by atoms with E-state index in [-0.39, 0.29) is 18.1 Å². The van der Waals surface area contributed by atoms with Crippen LogP contribution in [0.25, 0.3) is 0 Å². The summed E-state index contributed by atoms with van der Waals surface area (Å²) in [6.45, 7) is 2.97. The third-order valence-electron chi connectivity index (χ3n) is 2.48. The minimum absolute atomic E-state index is 0.00706. The van der Waals surface area contributed by atoms with Crippen LogP contribution in [0.4, 0.5) is 5.69 Å². The van der Waals surface area contributed by atoms with Gasteiger partial charge in [-0.25, -0.2) is 8.42 Å². The average Bonchev–Trinajstić information content (AvgIpc) is 2.33. The zero-order valence-corrected chi connectivity index (χ0v) is 12.0. The van der Waals surface area contributed by atoms with E-state index in [0.717, 1.165) is 17.5 Å². The number of carbonyl (C=O) groups is 1. The van der Waals surface area contributed by atoms with E-state index in [1.165, 1.54) is 0 Å². The standard InChI is InChI=1S/C12H19N3O3S/c1-10-9-13-5-3-11(10)14-6-7-15-12(16)4-8-19(2,17)18/h3,5,9H,4,6-8H2,1-2H3,(H,13,14)(H,15,16). The number of sulfone groups is 1. The highest BCUT2D eigenvalue weighted by atomic mass is 32.2. The van der Waals surface area contributed by atoms with Crippen LogP contribution in [-0.2, 0) is 14.6 Å². The number of anilines is 1. The van der Waals surface area contributed by atoms with Gasteiger partial charge in [0.05, 0.1) is 5.75 Å². The predicted molar refractivity (Wildman–Crippen MR) is 74.8 cm³/mol. The Kier molecular flexibility index (Phi) is 5.75. The Morgan fingerprint density at radius 2 is 2.11 bits per heavy atom. The molecule has 1 amide bonds. The Morgan fingerprint density at radius 1 is 1.37 bits per heavy atom. The van der Waals surface area contributed by atoms with Gasteiger partial charge in [0.2, 0.25) is 5.91 Å². The van der Waals surface area contributed by atoms with Crippen molar-refractivity contribution >= 4 is 21.4 Å². The Bertz CT molecular complexity index is 529. The van der Waals surface area contributed by atoms with Crippen LogP contribution in [0.3, 0.4) is 0 Å². The smallest absolute Gasteiger partial charge is 0.221 e. The lowest BCUT2D eigenvalue weighted by atomic mass is 10.2. The number of aromatic nitrogens is 1. The molecule has 6 nitrogen and oxygen atoms in total. The highest BCUT2D eigenvalue weighted by Crippen LogP contribution is 2.10.